The van der Waals surface area contributed by atoms with E-state index in [1.54, 1.807) is 6.07 Å². The van der Waals surface area contributed by atoms with E-state index in [1.165, 1.54) is 6.07 Å². The lowest BCUT2D eigenvalue weighted by atomic mass is 10.2. The maximum atomic E-state index is 11.9. The Morgan fingerprint density at radius 2 is 2.23 bits per heavy atom. The van der Waals surface area contributed by atoms with E-state index in [0.29, 0.717) is 12.4 Å². The second kappa shape index (κ2) is 3.20. The summed E-state index contributed by atoms with van der Waals surface area (Å²) in [5.74, 6) is 0.591. The number of benzene rings is 1. The second-order valence-corrected chi connectivity index (χ2v) is 2.72. The van der Waals surface area contributed by atoms with Gasteiger partial charge in [-0.25, -0.2) is 0 Å². The molecule has 1 aliphatic heterocycles. The Labute approximate surface area is 74.1 Å². The van der Waals surface area contributed by atoms with Crippen molar-refractivity contribution in [3.8, 4) is 11.5 Å². The van der Waals surface area contributed by atoms with Crippen molar-refractivity contribution in [2.45, 2.75) is 13.0 Å². The van der Waals surface area contributed by atoms with Gasteiger partial charge in [0.05, 0.1) is 6.61 Å². The van der Waals surface area contributed by atoms with E-state index in [4.69, 9.17) is 4.74 Å². The van der Waals surface area contributed by atoms with Gasteiger partial charge >= 0.3 is 6.61 Å². The van der Waals surface area contributed by atoms with E-state index in [2.05, 4.69) is 4.74 Å². The van der Waals surface area contributed by atoms with Crippen LogP contribution in [0.4, 0.5) is 8.78 Å². The maximum Gasteiger partial charge on any atom is 0.387 e. The van der Waals surface area contributed by atoms with Gasteiger partial charge in [0.15, 0.2) is 11.5 Å². The number of fused-ring (bicyclic) bond motifs is 1. The fraction of sp³-hybridized carbons (Fsp3) is 0.333. The fourth-order valence-electron chi connectivity index (χ4n) is 1.37. The number of hydrogen-bond donors (Lipinski definition) is 0. The molecule has 0 amide bonds. The van der Waals surface area contributed by atoms with Crippen LogP contribution in [0.2, 0.25) is 0 Å². The minimum Gasteiger partial charge on any atom is -0.489 e. The van der Waals surface area contributed by atoms with Crippen molar-refractivity contribution < 1.29 is 18.3 Å². The SMILES string of the molecule is FC(F)Oc1cccc2c1OCC2. The highest BCUT2D eigenvalue weighted by Gasteiger charge is 2.18. The Balaban J connectivity index is 2.30. The Kier molecular flexibility index (Phi) is 2.04. The molecule has 1 aromatic rings. The normalized spacial score (nSPS) is 14.1. The molecule has 0 radical (unpaired) electrons. The number of rotatable bonds is 2. The minimum atomic E-state index is -2.80. The largest absolute Gasteiger partial charge is 0.489 e. The predicted molar refractivity (Wildman–Crippen MR) is 42.3 cm³/mol. The molecule has 2 nitrogen and oxygen atoms in total. The van der Waals surface area contributed by atoms with E-state index >= 15 is 0 Å². The fourth-order valence-corrected chi connectivity index (χ4v) is 1.37. The average Bonchev–Trinajstić information content (AvgIpc) is 2.51. The molecular weight excluding hydrogens is 178 g/mol. The van der Waals surface area contributed by atoms with Crippen molar-refractivity contribution in [3.05, 3.63) is 23.8 Å². The molecule has 0 saturated heterocycles. The van der Waals surface area contributed by atoms with E-state index < -0.39 is 6.61 Å². The Hall–Kier alpha value is -1.32. The van der Waals surface area contributed by atoms with Crippen LogP contribution in [0.3, 0.4) is 0 Å². The van der Waals surface area contributed by atoms with Crippen LogP contribution in [0.25, 0.3) is 0 Å². The highest BCUT2D eigenvalue weighted by Crippen LogP contribution is 2.35. The summed E-state index contributed by atoms with van der Waals surface area (Å²) in [4.78, 5) is 0. The third-order valence-electron chi connectivity index (χ3n) is 1.89. The summed E-state index contributed by atoms with van der Waals surface area (Å²) < 4.78 is 33.3. The average molecular weight is 186 g/mol. The molecule has 0 unspecified atom stereocenters. The molecule has 1 heterocycles. The monoisotopic (exact) mass is 186 g/mol. The zero-order valence-corrected chi connectivity index (χ0v) is 6.80. The van der Waals surface area contributed by atoms with E-state index in [-0.39, 0.29) is 5.75 Å². The molecule has 4 heteroatoms. The molecule has 0 fully saturated rings. The lowest BCUT2D eigenvalue weighted by Crippen LogP contribution is -2.03. The summed E-state index contributed by atoms with van der Waals surface area (Å²) in [6.07, 6.45) is 0.760. The van der Waals surface area contributed by atoms with Crippen LogP contribution in [-0.2, 0) is 6.42 Å². The molecule has 2 rings (SSSR count). The molecule has 70 valence electrons. The molecule has 0 saturated carbocycles. The topological polar surface area (TPSA) is 18.5 Å². The zero-order chi connectivity index (χ0) is 9.26. The predicted octanol–water partition coefficient (Wildman–Crippen LogP) is 2.22. The number of hydrogen-bond acceptors (Lipinski definition) is 2. The van der Waals surface area contributed by atoms with Gasteiger partial charge in [0.2, 0.25) is 0 Å². The van der Waals surface area contributed by atoms with Crippen LogP contribution in [0.5, 0.6) is 11.5 Å². The van der Waals surface area contributed by atoms with E-state index in [9.17, 15) is 8.78 Å². The van der Waals surface area contributed by atoms with Crippen LogP contribution in [0.1, 0.15) is 5.56 Å². The van der Waals surface area contributed by atoms with Gasteiger partial charge in [-0.1, -0.05) is 12.1 Å². The number of halogens is 2. The van der Waals surface area contributed by atoms with Gasteiger partial charge in [-0.05, 0) is 6.07 Å². The molecule has 1 aliphatic rings. The van der Waals surface area contributed by atoms with Gasteiger partial charge in [-0.2, -0.15) is 8.78 Å². The number of para-hydroxylation sites is 1. The van der Waals surface area contributed by atoms with E-state index in [0.717, 1.165) is 12.0 Å². The van der Waals surface area contributed by atoms with Gasteiger partial charge in [0.1, 0.15) is 0 Å². The van der Waals surface area contributed by atoms with Crippen LogP contribution < -0.4 is 9.47 Å². The first-order valence-electron chi connectivity index (χ1n) is 3.97. The quantitative estimate of drug-likeness (QED) is 0.705. The van der Waals surface area contributed by atoms with Crippen molar-refractivity contribution in [1.82, 2.24) is 0 Å². The Morgan fingerprint density at radius 3 is 3.00 bits per heavy atom. The zero-order valence-electron chi connectivity index (χ0n) is 6.80. The van der Waals surface area contributed by atoms with Gasteiger partial charge in [-0.3, -0.25) is 0 Å². The summed E-state index contributed by atoms with van der Waals surface area (Å²) in [6, 6.07) is 5.02. The second-order valence-electron chi connectivity index (χ2n) is 2.72. The van der Waals surface area contributed by atoms with Crippen molar-refractivity contribution in [2.75, 3.05) is 6.61 Å². The molecular formula is C9H8F2O2. The van der Waals surface area contributed by atoms with Crippen molar-refractivity contribution in [3.63, 3.8) is 0 Å². The van der Waals surface area contributed by atoms with Crippen molar-refractivity contribution in [2.24, 2.45) is 0 Å². The molecule has 0 spiro atoms. The molecule has 0 atom stereocenters. The minimum absolute atomic E-state index is 0.130. The van der Waals surface area contributed by atoms with Crippen molar-refractivity contribution in [1.29, 1.82) is 0 Å². The summed E-state index contributed by atoms with van der Waals surface area (Å²) in [7, 11) is 0. The summed E-state index contributed by atoms with van der Waals surface area (Å²) in [6.45, 7) is -2.26. The maximum absolute atomic E-state index is 11.9. The molecule has 0 aliphatic carbocycles. The van der Waals surface area contributed by atoms with Gasteiger partial charge in [-0.15, -0.1) is 0 Å². The van der Waals surface area contributed by atoms with Crippen LogP contribution in [0, 0.1) is 0 Å². The molecule has 0 bridgehead atoms. The third-order valence-corrected chi connectivity index (χ3v) is 1.89. The Morgan fingerprint density at radius 1 is 1.38 bits per heavy atom. The first-order chi connectivity index (χ1) is 6.27. The summed E-state index contributed by atoms with van der Waals surface area (Å²) >= 11 is 0. The molecule has 13 heavy (non-hydrogen) atoms. The van der Waals surface area contributed by atoms with Crippen molar-refractivity contribution >= 4 is 0 Å². The van der Waals surface area contributed by atoms with Crippen LogP contribution in [0.15, 0.2) is 18.2 Å². The molecule has 1 aromatic carbocycles. The third kappa shape index (κ3) is 1.56. The first kappa shape index (κ1) is 8.29. The van der Waals surface area contributed by atoms with Crippen LogP contribution >= 0.6 is 0 Å². The van der Waals surface area contributed by atoms with Gasteiger partial charge < -0.3 is 9.47 Å². The summed E-state index contributed by atoms with van der Waals surface area (Å²) in [5.41, 5.74) is 0.929. The lowest BCUT2D eigenvalue weighted by Gasteiger charge is -2.08. The smallest absolute Gasteiger partial charge is 0.387 e. The Bertz CT molecular complexity index is 312. The highest BCUT2D eigenvalue weighted by molar-refractivity contribution is 5.48. The number of ether oxygens (including phenoxy) is 2. The molecule has 0 aromatic heterocycles. The van der Waals surface area contributed by atoms with Gasteiger partial charge in [0.25, 0.3) is 0 Å². The van der Waals surface area contributed by atoms with Gasteiger partial charge in [0, 0.05) is 12.0 Å². The van der Waals surface area contributed by atoms with E-state index in [1.807, 2.05) is 6.07 Å². The van der Waals surface area contributed by atoms with Crippen LogP contribution in [-0.4, -0.2) is 13.2 Å². The first-order valence-corrected chi connectivity index (χ1v) is 3.97. The molecule has 0 N–H and O–H groups in total. The highest BCUT2D eigenvalue weighted by atomic mass is 19.3. The lowest BCUT2D eigenvalue weighted by molar-refractivity contribution is -0.0512. The standard InChI is InChI=1S/C9H8F2O2/c10-9(11)13-7-3-1-2-6-4-5-12-8(6)7/h1-3,9H,4-5H2. The number of alkyl halides is 2. The summed E-state index contributed by atoms with van der Waals surface area (Å²) in [5, 5.41) is 0.